The first-order valence-electron chi connectivity index (χ1n) is 5.73. The summed E-state index contributed by atoms with van der Waals surface area (Å²) in [7, 11) is 0. The van der Waals surface area contributed by atoms with Crippen molar-refractivity contribution in [2.75, 3.05) is 6.26 Å². The van der Waals surface area contributed by atoms with Crippen molar-refractivity contribution in [1.82, 2.24) is 0 Å². The fourth-order valence-electron chi connectivity index (χ4n) is 1.66. The summed E-state index contributed by atoms with van der Waals surface area (Å²) in [6.45, 7) is 0. The smallest absolute Gasteiger partial charge is 0.00693 e. The Morgan fingerprint density at radius 2 is 1.65 bits per heavy atom. The quantitative estimate of drug-likeness (QED) is 0.700. The Labute approximate surface area is 107 Å². The van der Waals surface area contributed by atoms with Crippen molar-refractivity contribution in [3.05, 3.63) is 71.8 Å². The minimum absolute atomic E-state index is 0.990. The summed E-state index contributed by atoms with van der Waals surface area (Å²) in [5.41, 5.74) is 2.61. The van der Waals surface area contributed by atoms with E-state index in [0.717, 1.165) is 6.42 Å². The summed E-state index contributed by atoms with van der Waals surface area (Å²) < 4.78 is 0. The summed E-state index contributed by atoms with van der Waals surface area (Å²) in [6, 6.07) is 19.1. The van der Waals surface area contributed by atoms with Crippen molar-refractivity contribution in [3.8, 4) is 0 Å². The maximum absolute atomic E-state index is 2.21. The maximum Gasteiger partial charge on any atom is 0.00693 e. The summed E-state index contributed by atoms with van der Waals surface area (Å²) in [5.74, 6) is 0. The number of thioether (sulfide) groups is 1. The van der Waals surface area contributed by atoms with E-state index in [4.69, 9.17) is 0 Å². The zero-order valence-electron chi connectivity index (χ0n) is 9.97. The van der Waals surface area contributed by atoms with Crippen LogP contribution in [0.5, 0.6) is 0 Å². The van der Waals surface area contributed by atoms with Crippen molar-refractivity contribution in [2.45, 2.75) is 11.3 Å². The summed E-state index contributed by atoms with van der Waals surface area (Å²) in [6.07, 6.45) is 7.47. The zero-order chi connectivity index (χ0) is 11.9. The first-order valence-corrected chi connectivity index (χ1v) is 6.95. The van der Waals surface area contributed by atoms with Crippen LogP contribution >= 0.6 is 11.8 Å². The van der Waals surface area contributed by atoms with E-state index < -0.39 is 0 Å². The lowest BCUT2D eigenvalue weighted by molar-refractivity contribution is 1.25. The Morgan fingerprint density at radius 1 is 0.941 bits per heavy atom. The van der Waals surface area contributed by atoms with Crippen LogP contribution in [0.25, 0.3) is 6.08 Å². The van der Waals surface area contributed by atoms with E-state index in [-0.39, 0.29) is 0 Å². The van der Waals surface area contributed by atoms with E-state index in [9.17, 15) is 0 Å². The van der Waals surface area contributed by atoms with Gasteiger partial charge in [-0.25, -0.2) is 0 Å². The van der Waals surface area contributed by atoms with Gasteiger partial charge >= 0.3 is 0 Å². The fraction of sp³-hybridized carbons (Fsp3) is 0.125. The van der Waals surface area contributed by atoms with Crippen LogP contribution in [0, 0.1) is 0 Å². The molecule has 0 aliphatic carbocycles. The number of hydrogen-bond donors (Lipinski definition) is 0. The number of allylic oxidation sites excluding steroid dienone is 1. The summed E-state index contributed by atoms with van der Waals surface area (Å²) in [4.78, 5) is 1.32. The Bertz CT molecular complexity index is 469. The molecule has 0 aliphatic heterocycles. The first kappa shape index (κ1) is 12.0. The molecule has 1 heteroatoms. The van der Waals surface area contributed by atoms with E-state index in [1.54, 1.807) is 11.8 Å². The molecule has 0 saturated carbocycles. The van der Waals surface area contributed by atoms with E-state index in [1.165, 1.54) is 16.0 Å². The highest BCUT2D eigenvalue weighted by Crippen LogP contribution is 2.15. The number of rotatable bonds is 4. The largest absolute Gasteiger partial charge is 0.130 e. The molecule has 0 atom stereocenters. The highest BCUT2D eigenvalue weighted by molar-refractivity contribution is 7.98. The van der Waals surface area contributed by atoms with E-state index >= 15 is 0 Å². The fourth-order valence-corrected chi connectivity index (χ4v) is 2.07. The Balaban J connectivity index is 1.95. The van der Waals surface area contributed by atoms with Gasteiger partial charge in [0.05, 0.1) is 0 Å². The lowest BCUT2D eigenvalue weighted by Crippen LogP contribution is -1.80. The third kappa shape index (κ3) is 3.79. The Kier molecular flexibility index (Phi) is 4.45. The van der Waals surface area contributed by atoms with Crippen molar-refractivity contribution >= 4 is 17.8 Å². The second-order valence-electron chi connectivity index (χ2n) is 3.87. The molecular weight excluding hydrogens is 224 g/mol. The van der Waals surface area contributed by atoms with Gasteiger partial charge in [0.25, 0.3) is 0 Å². The van der Waals surface area contributed by atoms with Gasteiger partial charge in [-0.15, -0.1) is 11.8 Å². The number of benzene rings is 2. The van der Waals surface area contributed by atoms with Crippen molar-refractivity contribution < 1.29 is 0 Å². The zero-order valence-corrected chi connectivity index (χ0v) is 10.8. The molecule has 0 unspecified atom stereocenters. The maximum atomic E-state index is 2.21. The topological polar surface area (TPSA) is 0 Å². The number of hydrogen-bond acceptors (Lipinski definition) is 1. The van der Waals surface area contributed by atoms with E-state index in [2.05, 4.69) is 66.9 Å². The van der Waals surface area contributed by atoms with Crippen LogP contribution in [0.2, 0.25) is 0 Å². The van der Waals surface area contributed by atoms with Crippen LogP contribution in [-0.2, 0) is 6.42 Å². The van der Waals surface area contributed by atoms with Crippen LogP contribution in [0.4, 0.5) is 0 Å². The average molecular weight is 240 g/mol. The average Bonchev–Trinajstić information content (AvgIpc) is 2.41. The normalized spacial score (nSPS) is 10.9. The van der Waals surface area contributed by atoms with Gasteiger partial charge in [0.2, 0.25) is 0 Å². The molecule has 0 N–H and O–H groups in total. The molecule has 0 fully saturated rings. The predicted octanol–water partition coefficient (Wildman–Crippen LogP) is 4.66. The third-order valence-corrected chi connectivity index (χ3v) is 3.37. The second-order valence-corrected chi connectivity index (χ2v) is 4.74. The van der Waals surface area contributed by atoms with Gasteiger partial charge < -0.3 is 0 Å². The molecule has 0 nitrogen and oxygen atoms in total. The Hall–Kier alpha value is -1.47. The Morgan fingerprint density at radius 3 is 2.29 bits per heavy atom. The van der Waals surface area contributed by atoms with Crippen molar-refractivity contribution in [2.24, 2.45) is 0 Å². The molecule has 0 bridgehead atoms. The van der Waals surface area contributed by atoms with E-state index in [0.29, 0.717) is 0 Å². The van der Waals surface area contributed by atoms with Gasteiger partial charge in [-0.3, -0.25) is 0 Å². The third-order valence-electron chi connectivity index (χ3n) is 2.62. The molecule has 0 radical (unpaired) electrons. The van der Waals surface area contributed by atoms with Gasteiger partial charge in [0, 0.05) is 4.90 Å². The van der Waals surface area contributed by atoms with Gasteiger partial charge in [0.1, 0.15) is 0 Å². The van der Waals surface area contributed by atoms with Crippen LogP contribution in [0.3, 0.4) is 0 Å². The highest BCUT2D eigenvalue weighted by atomic mass is 32.2. The van der Waals surface area contributed by atoms with Gasteiger partial charge in [0.15, 0.2) is 0 Å². The lowest BCUT2D eigenvalue weighted by Gasteiger charge is -1.99. The molecule has 0 aliphatic rings. The monoisotopic (exact) mass is 240 g/mol. The standard InChI is InChI=1S/C16H16S/c1-17-16-12-10-15(11-13-16)9-5-8-14-6-3-2-4-7-14/h2-8,10-13H,9H2,1H3/b8-5+. The first-order chi connectivity index (χ1) is 8.38. The molecule has 2 aromatic rings. The molecule has 0 saturated heterocycles. The van der Waals surface area contributed by atoms with Crippen LogP contribution in [0.1, 0.15) is 11.1 Å². The lowest BCUT2D eigenvalue weighted by atomic mass is 10.1. The van der Waals surface area contributed by atoms with Gasteiger partial charge in [-0.2, -0.15) is 0 Å². The molecule has 2 rings (SSSR count). The predicted molar refractivity (Wildman–Crippen MR) is 77.4 cm³/mol. The van der Waals surface area contributed by atoms with E-state index in [1.807, 2.05) is 6.07 Å². The molecule has 86 valence electrons. The molecule has 2 aromatic carbocycles. The summed E-state index contributed by atoms with van der Waals surface area (Å²) in [5, 5.41) is 0. The highest BCUT2D eigenvalue weighted by Gasteiger charge is 1.91. The van der Waals surface area contributed by atoms with Crippen LogP contribution < -0.4 is 0 Å². The SMILES string of the molecule is CSc1ccc(C/C=C/c2ccccc2)cc1. The molecule has 0 heterocycles. The summed E-state index contributed by atoms with van der Waals surface area (Å²) >= 11 is 1.78. The minimum atomic E-state index is 0.990. The molecule has 0 spiro atoms. The van der Waals surface area contributed by atoms with Crippen LogP contribution in [0.15, 0.2) is 65.6 Å². The van der Waals surface area contributed by atoms with Gasteiger partial charge in [-0.1, -0.05) is 54.6 Å². The van der Waals surface area contributed by atoms with Gasteiger partial charge in [-0.05, 0) is 35.9 Å². The molecule has 0 amide bonds. The van der Waals surface area contributed by atoms with Crippen molar-refractivity contribution in [1.29, 1.82) is 0 Å². The molecule has 17 heavy (non-hydrogen) atoms. The molecule has 0 aromatic heterocycles. The molecular formula is C16H16S. The minimum Gasteiger partial charge on any atom is -0.130 e. The van der Waals surface area contributed by atoms with Crippen molar-refractivity contribution in [3.63, 3.8) is 0 Å². The van der Waals surface area contributed by atoms with Crippen LogP contribution in [-0.4, -0.2) is 6.26 Å². The second kappa shape index (κ2) is 6.31.